The van der Waals surface area contributed by atoms with Crippen LogP contribution in [0.1, 0.15) is 22.5 Å². The van der Waals surface area contributed by atoms with Crippen LogP contribution in [0, 0.1) is 0 Å². The van der Waals surface area contributed by atoms with E-state index in [4.69, 9.17) is 5.73 Å². The Morgan fingerprint density at radius 3 is 3.06 bits per heavy atom. The van der Waals surface area contributed by atoms with Gasteiger partial charge in [0.25, 0.3) is 5.91 Å². The lowest BCUT2D eigenvalue weighted by molar-refractivity contribution is -0.126. The average molecular weight is 248 g/mol. The average Bonchev–Trinajstić information content (AvgIpc) is 2.68. The third kappa shape index (κ3) is 2.65. The number of likely N-dealkylation sites (N-methyl/N-ethyl adjacent to an activating group) is 1. The SMILES string of the molecule is CN1CC(NC(=O)c2ccnc(CN)c2)CC1=O. The third-order valence-electron chi connectivity index (χ3n) is 2.96. The summed E-state index contributed by atoms with van der Waals surface area (Å²) in [6.07, 6.45) is 1.92. The van der Waals surface area contributed by atoms with Gasteiger partial charge in [-0.15, -0.1) is 0 Å². The van der Waals surface area contributed by atoms with Crippen molar-refractivity contribution in [3.8, 4) is 0 Å². The maximum Gasteiger partial charge on any atom is 0.251 e. The zero-order chi connectivity index (χ0) is 13.1. The summed E-state index contributed by atoms with van der Waals surface area (Å²) in [4.78, 5) is 29.0. The van der Waals surface area contributed by atoms with E-state index >= 15 is 0 Å². The zero-order valence-electron chi connectivity index (χ0n) is 10.2. The molecule has 0 saturated carbocycles. The molecule has 1 atom stereocenters. The Labute approximate surface area is 105 Å². The molecule has 0 radical (unpaired) electrons. The number of nitrogens with one attached hydrogen (secondary N) is 1. The van der Waals surface area contributed by atoms with Crippen molar-refractivity contribution in [3.63, 3.8) is 0 Å². The molecule has 1 aromatic heterocycles. The summed E-state index contributed by atoms with van der Waals surface area (Å²) in [6, 6.07) is 3.18. The van der Waals surface area contributed by atoms with Gasteiger partial charge < -0.3 is 16.0 Å². The molecule has 1 aliphatic heterocycles. The van der Waals surface area contributed by atoms with Crippen molar-refractivity contribution in [3.05, 3.63) is 29.6 Å². The van der Waals surface area contributed by atoms with Crippen molar-refractivity contribution in [2.24, 2.45) is 5.73 Å². The van der Waals surface area contributed by atoms with Gasteiger partial charge in [0, 0.05) is 38.3 Å². The van der Waals surface area contributed by atoms with E-state index in [0.29, 0.717) is 30.8 Å². The lowest BCUT2D eigenvalue weighted by atomic mass is 10.2. The minimum absolute atomic E-state index is 0.0534. The maximum atomic E-state index is 12.0. The minimum Gasteiger partial charge on any atom is -0.347 e. The molecular formula is C12H16N4O2. The highest BCUT2D eigenvalue weighted by atomic mass is 16.2. The molecule has 1 fully saturated rings. The Morgan fingerprint density at radius 2 is 2.44 bits per heavy atom. The van der Waals surface area contributed by atoms with E-state index in [2.05, 4.69) is 10.3 Å². The van der Waals surface area contributed by atoms with Crippen molar-refractivity contribution in [1.29, 1.82) is 0 Å². The number of nitrogens with zero attached hydrogens (tertiary/aromatic N) is 2. The van der Waals surface area contributed by atoms with Gasteiger partial charge in [-0.3, -0.25) is 14.6 Å². The summed E-state index contributed by atoms with van der Waals surface area (Å²) >= 11 is 0. The Bertz CT molecular complexity index is 475. The van der Waals surface area contributed by atoms with Gasteiger partial charge in [-0.2, -0.15) is 0 Å². The van der Waals surface area contributed by atoms with Gasteiger partial charge in [0.15, 0.2) is 0 Å². The monoisotopic (exact) mass is 248 g/mol. The van der Waals surface area contributed by atoms with Gasteiger partial charge in [0.05, 0.1) is 11.7 Å². The van der Waals surface area contributed by atoms with Gasteiger partial charge in [0.1, 0.15) is 0 Å². The fourth-order valence-electron chi connectivity index (χ4n) is 1.96. The molecule has 2 amide bonds. The fraction of sp³-hybridized carbons (Fsp3) is 0.417. The number of hydrogen-bond donors (Lipinski definition) is 2. The van der Waals surface area contributed by atoms with Gasteiger partial charge >= 0.3 is 0 Å². The zero-order valence-corrected chi connectivity index (χ0v) is 10.2. The first kappa shape index (κ1) is 12.5. The predicted molar refractivity (Wildman–Crippen MR) is 65.6 cm³/mol. The van der Waals surface area contributed by atoms with E-state index < -0.39 is 0 Å². The molecule has 2 rings (SSSR count). The summed E-state index contributed by atoms with van der Waals surface area (Å²) in [5.74, 6) is -0.141. The minimum atomic E-state index is -0.194. The normalized spacial score (nSPS) is 19.1. The Hall–Kier alpha value is -1.95. The summed E-state index contributed by atoms with van der Waals surface area (Å²) in [6.45, 7) is 0.852. The van der Waals surface area contributed by atoms with E-state index in [1.165, 1.54) is 0 Å². The molecule has 0 aromatic carbocycles. The molecule has 1 aliphatic rings. The van der Waals surface area contributed by atoms with Crippen LogP contribution >= 0.6 is 0 Å². The second kappa shape index (κ2) is 5.14. The molecule has 0 bridgehead atoms. The summed E-state index contributed by atoms with van der Waals surface area (Å²) in [5, 5.41) is 2.84. The largest absolute Gasteiger partial charge is 0.347 e. The molecule has 6 nitrogen and oxygen atoms in total. The number of likely N-dealkylation sites (tertiary alicyclic amines) is 1. The van der Waals surface area contributed by atoms with Crippen molar-refractivity contribution >= 4 is 11.8 Å². The van der Waals surface area contributed by atoms with Crippen LogP contribution in [0.3, 0.4) is 0 Å². The van der Waals surface area contributed by atoms with Gasteiger partial charge in [0.2, 0.25) is 5.91 Å². The number of nitrogens with two attached hydrogens (primary N) is 1. The number of hydrogen-bond acceptors (Lipinski definition) is 4. The molecule has 6 heteroatoms. The van der Waals surface area contributed by atoms with Crippen molar-refractivity contribution in [2.45, 2.75) is 19.0 Å². The molecule has 18 heavy (non-hydrogen) atoms. The van der Waals surface area contributed by atoms with E-state index in [-0.39, 0.29) is 17.9 Å². The van der Waals surface area contributed by atoms with Gasteiger partial charge in [-0.25, -0.2) is 0 Å². The van der Waals surface area contributed by atoms with E-state index in [9.17, 15) is 9.59 Å². The fourth-order valence-corrected chi connectivity index (χ4v) is 1.96. The second-order valence-electron chi connectivity index (χ2n) is 4.39. The third-order valence-corrected chi connectivity index (χ3v) is 2.96. The Balaban J connectivity index is 2.01. The number of carbonyl (C=O) groups is 2. The van der Waals surface area contributed by atoms with E-state index in [1.807, 2.05) is 0 Å². The topological polar surface area (TPSA) is 88.3 Å². The van der Waals surface area contributed by atoms with Crippen LogP contribution in [0.4, 0.5) is 0 Å². The van der Waals surface area contributed by atoms with Crippen molar-refractivity contribution < 1.29 is 9.59 Å². The molecule has 2 heterocycles. The van der Waals surface area contributed by atoms with E-state index in [0.717, 1.165) is 0 Å². The standard InChI is InChI=1S/C12H16N4O2/c1-16-7-10(5-11(16)17)15-12(18)8-2-3-14-9(4-8)6-13/h2-4,10H,5-7,13H2,1H3,(H,15,18). The van der Waals surface area contributed by atoms with Crippen LogP contribution in [-0.2, 0) is 11.3 Å². The summed E-state index contributed by atoms with van der Waals surface area (Å²) < 4.78 is 0. The number of rotatable bonds is 3. The van der Waals surface area contributed by atoms with Crippen LogP contribution in [0.15, 0.2) is 18.3 Å². The molecule has 96 valence electrons. The predicted octanol–water partition coefficient (Wildman–Crippen LogP) is -0.499. The highest BCUT2D eigenvalue weighted by Crippen LogP contribution is 2.09. The number of amides is 2. The first-order valence-corrected chi connectivity index (χ1v) is 5.80. The Kier molecular flexibility index (Phi) is 3.57. The van der Waals surface area contributed by atoms with Crippen LogP contribution in [0.25, 0.3) is 0 Å². The van der Waals surface area contributed by atoms with Crippen LogP contribution in [0.5, 0.6) is 0 Å². The lowest BCUT2D eigenvalue weighted by Gasteiger charge is -2.12. The quantitative estimate of drug-likeness (QED) is 0.755. The molecule has 0 spiro atoms. The molecule has 1 saturated heterocycles. The molecule has 3 N–H and O–H groups in total. The first-order chi connectivity index (χ1) is 8.60. The highest BCUT2D eigenvalue weighted by molar-refractivity contribution is 5.95. The number of carbonyl (C=O) groups excluding carboxylic acids is 2. The highest BCUT2D eigenvalue weighted by Gasteiger charge is 2.28. The van der Waals surface area contributed by atoms with Gasteiger partial charge in [-0.05, 0) is 12.1 Å². The molecular weight excluding hydrogens is 232 g/mol. The first-order valence-electron chi connectivity index (χ1n) is 5.80. The van der Waals surface area contributed by atoms with Crippen LogP contribution in [0.2, 0.25) is 0 Å². The van der Waals surface area contributed by atoms with Crippen LogP contribution < -0.4 is 11.1 Å². The summed E-state index contributed by atoms with van der Waals surface area (Å²) in [7, 11) is 1.73. The number of aromatic nitrogens is 1. The second-order valence-corrected chi connectivity index (χ2v) is 4.39. The van der Waals surface area contributed by atoms with Crippen LogP contribution in [-0.4, -0.2) is 41.3 Å². The van der Waals surface area contributed by atoms with Crippen molar-refractivity contribution in [2.75, 3.05) is 13.6 Å². The van der Waals surface area contributed by atoms with Gasteiger partial charge in [-0.1, -0.05) is 0 Å². The van der Waals surface area contributed by atoms with E-state index in [1.54, 1.807) is 30.3 Å². The van der Waals surface area contributed by atoms with Crippen molar-refractivity contribution in [1.82, 2.24) is 15.2 Å². The number of pyridine rings is 1. The lowest BCUT2D eigenvalue weighted by Crippen LogP contribution is -2.36. The summed E-state index contributed by atoms with van der Waals surface area (Å²) in [5.41, 5.74) is 6.66. The Morgan fingerprint density at radius 1 is 1.67 bits per heavy atom. The smallest absolute Gasteiger partial charge is 0.251 e. The molecule has 1 unspecified atom stereocenters. The molecule has 1 aromatic rings. The maximum absolute atomic E-state index is 12.0. The molecule has 0 aliphatic carbocycles.